The lowest BCUT2D eigenvalue weighted by Crippen LogP contribution is -2.57. The summed E-state index contributed by atoms with van der Waals surface area (Å²) in [5.74, 6) is 1.11. The van der Waals surface area contributed by atoms with Crippen molar-refractivity contribution in [1.29, 1.82) is 0 Å². The smallest absolute Gasteiger partial charge is 0.246 e. The second kappa shape index (κ2) is 10.2. The summed E-state index contributed by atoms with van der Waals surface area (Å²) in [5, 5.41) is 8.90. The van der Waals surface area contributed by atoms with Gasteiger partial charge in [-0.25, -0.2) is 0 Å². The molecule has 186 valence electrons. The number of rotatable bonds is 6. The number of likely N-dealkylation sites (N-methyl/N-ethyl adjacent to an activating group) is 1. The molecule has 2 fully saturated rings. The highest BCUT2D eigenvalue weighted by Gasteiger charge is 2.54. The van der Waals surface area contributed by atoms with Gasteiger partial charge in [-0.2, -0.15) is 0 Å². The molecule has 0 radical (unpaired) electrons. The molecule has 0 spiro atoms. The molecular weight excluding hydrogens is 452 g/mol. The molecule has 0 bridgehead atoms. The molecule has 8 nitrogen and oxygen atoms in total. The van der Waals surface area contributed by atoms with E-state index in [4.69, 9.17) is 4.74 Å². The van der Waals surface area contributed by atoms with Gasteiger partial charge in [-0.05, 0) is 73.6 Å². The van der Waals surface area contributed by atoms with Crippen LogP contribution < -0.4 is 20.7 Å². The van der Waals surface area contributed by atoms with E-state index in [-0.39, 0.29) is 41.1 Å². The van der Waals surface area contributed by atoms with Crippen LogP contribution in [-0.2, 0) is 20.8 Å². The van der Waals surface area contributed by atoms with Gasteiger partial charge in [-0.1, -0.05) is 19.9 Å². The maximum absolute atomic E-state index is 13.8. The van der Waals surface area contributed by atoms with Gasteiger partial charge in [-0.3, -0.25) is 14.4 Å². The minimum Gasteiger partial charge on any atom is -0.497 e. The molecule has 1 aromatic carbocycles. The Hall–Kier alpha value is -2.26. The van der Waals surface area contributed by atoms with Crippen LogP contribution in [0.2, 0.25) is 0 Å². The summed E-state index contributed by atoms with van der Waals surface area (Å²) in [7, 11) is 3.36. The van der Waals surface area contributed by atoms with Gasteiger partial charge in [0.1, 0.15) is 17.8 Å². The molecule has 34 heavy (non-hydrogen) atoms. The largest absolute Gasteiger partial charge is 0.497 e. The standard InChI is InChI=1S/C25H36N4O4S/c1-25(2)13-21-29(24(32)19(10-11-34-21)27-20(30)14-26-3)22(25)23(31)28-18-7-5-6-15-12-16(33-4)8-9-17(15)18/h8-9,12,18-19,21-22,26H,5-7,10-11,13-14H2,1-4H3,(H,27,30)(H,28,31)/t18?,19?,21?,22-/m1/s1. The van der Waals surface area contributed by atoms with Gasteiger partial charge in [0.25, 0.3) is 0 Å². The lowest BCUT2D eigenvalue weighted by Gasteiger charge is -2.36. The number of hydrogen-bond donors (Lipinski definition) is 3. The van der Waals surface area contributed by atoms with Gasteiger partial charge in [0.05, 0.1) is 25.1 Å². The SMILES string of the molecule is CNCC(=O)NC1CCSC2CC(C)(C)[C@@H](C(=O)NC3CCCc4cc(OC)ccc43)N2C1=O. The Morgan fingerprint density at radius 2 is 2.00 bits per heavy atom. The molecule has 1 aromatic rings. The first-order valence-electron chi connectivity index (χ1n) is 12.1. The summed E-state index contributed by atoms with van der Waals surface area (Å²) in [4.78, 5) is 41.3. The van der Waals surface area contributed by atoms with Crippen LogP contribution in [0.1, 0.15) is 56.7 Å². The number of aryl methyl sites for hydroxylation is 1. The number of thioether (sulfide) groups is 1. The van der Waals surface area contributed by atoms with Crippen molar-refractivity contribution in [3.8, 4) is 5.75 Å². The van der Waals surface area contributed by atoms with E-state index in [1.165, 1.54) is 5.56 Å². The van der Waals surface area contributed by atoms with Crippen LogP contribution in [0.25, 0.3) is 0 Å². The molecule has 4 atom stereocenters. The fourth-order valence-electron chi connectivity index (χ4n) is 5.58. The molecular formula is C25H36N4O4S. The van der Waals surface area contributed by atoms with E-state index in [1.54, 1.807) is 30.8 Å². The lowest BCUT2D eigenvalue weighted by molar-refractivity contribution is -0.143. The number of benzene rings is 1. The van der Waals surface area contributed by atoms with E-state index < -0.39 is 12.1 Å². The van der Waals surface area contributed by atoms with Crippen LogP contribution in [0.5, 0.6) is 5.75 Å². The van der Waals surface area contributed by atoms with Crippen molar-refractivity contribution in [1.82, 2.24) is 20.9 Å². The fourth-order valence-corrected chi connectivity index (χ4v) is 7.15. The quantitative estimate of drug-likeness (QED) is 0.566. The van der Waals surface area contributed by atoms with Crippen molar-refractivity contribution in [3.05, 3.63) is 29.3 Å². The van der Waals surface area contributed by atoms with E-state index in [2.05, 4.69) is 35.9 Å². The topological polar surface area (TPSA) is 99.8 Å². The van der Waals surface area contributed by atoms with Crippen LogP contribution >= 0.6 is 11.8 Å². The zero-order chi connectivity index (χ0) is 24.5. The van der Waals surface area contributed by atoms with Gasteiger partial charge in [0.15, 0.2) is 0 Å². The van der Waals surface area contributed by atoms with Crippen LogP contribution in [0.3, 0.4) is 0 Å². The highest BCUT2D eigenvalue weighted by atomic mass is 32.2. The Kier molecular flexibility index (Phi) is 7.42. The van der Waals surface area contributed by atoms with Crippen LogP contribution in [0.15, 0.2) is 18.2 Å². The maximum Gasteiger partial charge on any atom is 0.246 e. The molecule has 0 saturated carbocycles. The highest BCUT2D eigenvalue weighted by Crippen LogP contribution is 2.46. The first-order chi connectivity index (χ1) is 16.2. The second-order valence-electron chi connectivity index (χ2n) is 10.1. The number of carbonyl (C=O) groups is 3. The minimum absolute atomic E-state index is 0.0626. The normalized spacial score (nSPS) is 27.9. The predicted molar refractivity (Wildman–Crippen MR) is 133 cm³/mol. The third-order valence-corrected chi connectivity index (χ3v) is 8.45. The Morgan fingerprint density at radius 1 is 1.21 bits per heavy atom. The molecule has 0 aromatic heterocycles. The summed E-state index contributed by atoms with van der Waals surface area (Å²) in [6.45, 7) is 4.28. The molecule has 2 heterocycles. The number of carbonyl (C=O) groups excluding carboxylic acids is 3. The molecule has 3 unspecified atom stereocenters. The van der Waals surface area contributed by atoms with E-state index in [1.807, 2.05) is 12.1 Å². The number of ether oxygens (including phenoxy) is 1. The van der Waals surface area contributed by atoms with Crippen molar-refractivity contribution < 1.29 is 19.1 Å². The van der Waals surface area contributed by atoms with Gasteiger partial charge < -0.3 is 25.6 Å². The van der Waals surface area contributed by atoms with Gasteiger partial charge in [0, 0.05) is 0 Å². The maximum atomic E-state index is 13.8. The number of hydrogen-bond acceptors (Lipinski definition) is 6. The zero-order valence-electron chi connectivity index (χ0n) is 20.5. The van der Waals surface area contributed by atoms with Crippen LogP contribution in [-0.4, -0.2) is 66.5 Å². The van der Waals surface area contributed by atoms with Crippen molar-refractivity contribution in [2.45, 2.75) is 69.5 Å². The van der Waals surface area contributed by atoms with Gasteiger partial charge in [0.2, 0.25) is 17.7 Å². The summed E-state index contributed by atoms with van der Waals surface area (Å²) < 4.78 is 5.37. The molecule has 9 heteroatoms. The summed E-state index contributed by atoms with van der Waals surface area (Å²) in [6, 6.07) is 4.76. The van der Waals surface area contributed by atoms with Crippen LogP contribution in [0, 0.1) is 5.41 Å². The summed E-state index contributed by atoms with van der Waals surface area (Å²) >= 11 is 1.71. The fraction of sp³-hybridized carbons (Fsp3) is 0.640. The van der Waals surface area contributed by atoms with Crippen molar-refractivity contribution >= 4 is 29.5 Å². The van der Waals surface area contributed by atoms with Crippen molar-refractivity contribution in [2.24, 2.45) is 5.41 Å². The Bertz CT molecular complexity index is 953. The van der Waals surface area contributed by atoms with E-state index in [0.29, 0.717) is 6.42 Å². The molecule has 3 N–H and O–H groups in total. The first-order valence-corrected chi connectivity index (χ1v) is 13.1. The lowest BCUT2D eigenvalue weighted by atomic mass is 9.83. The minimum atomic E-state index is -0.606. The number of fused-ring (bicyclic) bond motifs is 2. The molecule has 3 amide bonds. The van der Waals surface area contributed by atoms with E-state index >= 15 is 0 Å². The third-order valence-electron chi connectivity index (χ3n) is 7.20. The first kappa shape index (κ1) is 24.9. The summed E-state index contributed by atoms with van der Waals surface area (Å²) in [5.41, 5.74) is 1.96. The summed E-state index contributed by atoms with van der Waals surface area (Å²) in [6.07, 6.45) is 4.13. The Morgan fingerprint density at radius 3 is 2.74 bits per heavy atom. The predicted octanol–water partition coefficient (Wildman–Crippen LogP) is 1.98. The number of nitrogens with zero attached hydrogens (tertiary/aromatic N) is 1. The number of amides is 3. The average Bonchev–Trinajstić information content (AvgIpc) is 2.99. The van der Waals surface area contributed by atoms with Crippen molar-refractivity contribution in [3.63, 3.8) is 0 Å². The molecule has 2 saturated heterocycles. The van der Waals surface area contributed by atoms with Gasteiger partial charge in [-0.15, -0.1) is 11.8 Å². The average molecular weight is 489 g/mol. The molecule has 1 aliphatic carbocycles. The number of methoxy groups -OCH3 is 1. The highest BCUT2D eigenvalue weighted by molar-refractivity contribution is 7.99. The van der Waals surface area contributed by atoms with E-state index in [0.717, 1.165) is 42.7 Å². The van der Waals surface area contributed by atoms with Gasteiger partial charge >= 0.3 is 0 Å². The van der Waals surface area contributed by atoms with Crippen LogP contribution in [0.4, 0.5) is 0 Å². The second-order valence-corrected chi connectivity index (χ2v) is 11.4. The molecule has 2 aliphatic heterocycles. The number of nitrogens with one attached hydrogen (secondary N) is 3. The Balaban J connectivity index is 1.56. The molecule has 3 aliphatic rings. The Labute approximate surface area is 205 Å². The monoisotopic (exact) mass is 488 g/mol. The van der Waals surface area contributed by atoms with Crippen molar-refractivity contribution in [2.75, 3.05) is 26.5 Å². The van der Waals surface area contributed by atoms with E-state index in [9.17, 15) is 14.4 Å². The molecule has 4 rings (SSSR count). The third kappa shape index (κ3) is 4.91. The zero-order valence-corrected chi connectivity index (χ0v) is 21.3.